The molecule has 13 heteroatoms. The quantitative estimate of drug-likeness (QED) is 0.532. The molecule has 0 aliphatic carbocycles. The van der Waals surface area contributed by atoms with Crippen LogP contribution in [0.5, 0.6) is 11.5 Å². The lowest BCUT2D eigenvalue weighted by Crippen LogP contribution is -2.51. The SMILES string of the molecule is COc1c(Br)sc(S(=O)(=O)NC(=O)C(NC(=O)c2c(F)cccc2F)C(C)C)c1OC. The van der Waals surface area contributed by atoms with Gasteiger partial charge in [-0.2, -0.15) is 0 Å². The molecule has 1 atom stereocenters. The summed E-state index contributed by atoms with van der Waals surface area (Å²) in [6.45, 7) is 3.06. The highest BCUT2D eigenvalue weighted by atomic mass is 79.9. The zero-order valence-electron chi connectivity index (χ0n) is 16.8. The van der Waals surface area contributed by atoms with Gasteiger partial charge in [-0.05, 0) is 34.0 Å². The normalized spacial score (nSPS) is 12.4. The first-order valence-corrected chi connectivity index (χ1v) is 11.8. The van der Waals surface area contributed by atoms with E-state index in [-0.39, 0.29) is 15.7 Å². The van der Waals surface area contributed by atoms with E-state index in [4.69, 9.17) is 9.47 Å². The van der Waals surface area contributed by atoms with E-state index in [1.165, 1.54) is 28.1 Å². The van der Waals surface area contributed by atoms with Crippen LogP contribution in [0.1, 0.15) is 24.2 Å². The summed E-state index contributed by atoms with van der Waals surface area (Å²) in [6.07, 6.45) is 0. The summed E-state index contributed by atoms with van der Waals surface area (Å²) in [5.74, 6) is -5.12. The summed E-state index contributed by atoms with van der Waals surface area (Å²) in [6, 6.07) is 1.46. The van der Waals surface area contributed by atoms with Crippen LogP contribution in [0.3, 0.4) is 0 Å². The number of benzene rings is 1. The molecule has 0 aliphatic heterocycles. The predicted molar refractivity (Wildman–Crippen MR) is 113 cm³/mol. The maximum absolute atomic E-state index is 13.9. The Bertz CT molecular complexity index is 1080. The lowest BCUT2D eigenvalue weighted by molar-refractivity contribution is -0.122. The van der Waals surface area contributed by atoms with Crippen LogP contribution in [0.15, 0.2) is 26.2 Å². The Morgan fingerprint density at radius 1 is 1.10 bits per heavy atom. The Labute approximate surface area is 190 Å². The highest BCUT2D eigenvalue weighted by Gasteiger charge is 2.34. The number of halogens is 3. The number of methoxy groups -OCH3 is 2. The van der Waals surface area contributed by atoms with Crippen LogP contribution in [-0.4, -0.2) is 40.5 Å². The van der Waals surface area contributed by atoms with Crippen LogP contribution < -0.4 is 19.5 Å². The largest absolute Gasteiger partial charge is 0.491 e. The van der Waals surface area contributed by atoms with Gasteiger partial charge in [-0.25, -0.2) is 21.9 Å². The first-order chi connectivity index (χ1) is 14.4. The molecule has 1 unspecified atom stereocenters. The number of ether oxygens (including phenoxy) is 2. The minimum absolute atomic E-state index is 0.113. The highest BCUT2D eigenvalue weighted by Crippen LogP contribution is 2.47. The number of amides is 2. The molecule has 0 bridgehead atoms. The van der Waals surface area contributed by atoms with Crippen molar-refractivity contribution >= 4 is 49.1 Å². The second-order valence-corrected chi connectivity index (χ2v) is 10.7. The van der Waals surface area contributed by atoms with Crippen molar-refractivity contribution in [2.45, 2.75) is 24.1 Å². The maximum atomic E-state index is 13.9. The van der Waals surface area contributed by atoms with Crippen LogP contribution in [0.25, 0.3) is 0 Å². The summed E-state index contributed by atoms with van der Waals surface area (Å²) >= 11 is 3.91. The van der Waals surface area contributed by atoms with Crippen molar-refractivity contribution in [1.82, 2.24) is 10.0 Å². The van der Waals surface area contributed by atoms with Crippen LogP contribution in [0.2, 0.25) is 0 Å². The third kappa shape index (κ3) is 5.33. The van der Waals surface area contributed by atoms with Crippen molar-refractivity contribution < 1.29 is 36.3 Å². The van der Waals surface area contributed by atoms with E-state index in [1.54, 1.807) is 0 Å². The van der Waals surface area contributed by atoms with E-state index in [2.05, 4.69) is 21.2 Å². The van der Waals surface area contributed by atoms with Gasteiger partial charge in [-0.1, -0.05) is 19.9 Å². The molecule has 1 aromatic carbocycles. The van der Waals surface area contributed by atoms with Gasteiger partial charge in [0.2, 0.25) is 0 Å². The molecule has 2 aromatic rings. The molecule has 2 amide bonds. The van der Waals surface area contributed by atoms with Gasteiger partial charge in [0.15, 0.2) is 15.7 Å². The molecule has 8 nitrogen and oxygen atoms in total. The first kappa shape index (κ1) is 25.0. The lowest BCUT2D eigenvalue weighted by Gasteiger charge is -2.21. The standard InChI is InChI=1S/C18H19BrF2N2O6S2/c1-8(2)12(22-16(24)11-9(20)6-5-7-10(11)21)17(25)23-31(26,27)18-14(29-4)13(28-3)15(19)30-18/h5-8,12H,1-4H3,(H,22,24)(H,23,25). The number of nitrogens with one attached hydrogen (secondary N) is 2. The van der Waals surface area contributed by atoms with Crippen LogP contribution in [0.4, 0.5) is 8.78 Å². The van der Waals surface area contributed by atoms with Crippen LogP contribution >= 0.6 is 27.3 Å². The second-order valence-electron chi connectivity index (χ2n) is 6.49. The zero-order valence-corrected chi connectivity index (χ0v) is 20.0. The van der Waals surface area contributed by atoms with Gasteiger partial charge in [-0.3, -0.25) is 9.59 Å². The molecule has 0 radical (unpaired) electrons. The Kier molecular flexibility index (Phi) is 8.00. The molecule has 170 valence electrons. The molecule has 0 spiro atoms. The Balaban J connectivity index is 2.32. The van der Waals surface area contributed by atoms with Crippen molar-refractivity contribution in [3.8, 4) is 11.5 Å². The van der Waals surface area contributed by atoms with Crippen molar-refractivity contribution in [2.24, 2.45) is 5.92 Å². The number of hydrogen-bond acceptors (Lipinski definition) is 7. The molecular formula is C18H19BrF2N2O6S2. The predicted octanol–water partition coefficient (Wildman–Crippen LogP) is 3.07. The molecule has 1 heterocycles. The summed E-state index contributed by atoms with van der Waals surface area (Å²) in [4.78, 5) is 25.1. The van der Waals surface area contributed by atoms with E-state index in [0.717, 1.165) is 29.5 Å². The first-order valence-electron chi connectivity index (χ1n) is 8.66. The molecule has 2 N–H and O–H groups in total. The smallest absolute Gasteiger partial charge is 0.277 e. The van der Waals surface area contributed by atoms with Crippen LogP contribution in [-0.2, 0) is 14.8 Å². The van der Waals surface area contributed by atoms with Gasteiger partial charge >= 0.3 is 0 Å². The molecule has 0 saturated carbocycles. The fourth-order valence-corrected chi connectivity index (χ4v) is 6.15. The summed E-state index contributed by atoms with van der Waals surface area (Å²) < 4.78 is 65.4. The topological polar surface area (TPSA) is 111 Å². The summed E-state index contributed by atoms with van der Waals surface area (Å²) in [7, 11) is -1.87. The van der Waals surface area contributed by atoms with Crippen LogP contribution in [0, 0.1) is 17.6 Å². The molecule has 2 rings (SSSR count). The van der Waals surface area contributed by atoms with Crippen molar-refractivity contribution in [3.05, 3.63) is 39.2 Å². The minimum atomic E-state index is -4.42. The zero-order chi connectivity index (χ0) is 23.5. The average Bonchev–Trinajstić information content (AvgIpc) is 3.01. The minimum Gasteiger partial charge on any atom is -0.491 e. The molecule has 0 aliphatic rings. The number of rotatable bonds is 8. The Morgan fingerprint density at radius 2 is 1.65 bits per heavy atom. The fourth-order valence-electron chi connectivity index (χ4n) is 2.59. The molecule has 1 aromatic heterocycles. The molecular weight excluding hydrogens is 522 g/mol. The van der Waals surface area contributed by atoms with Crippen molar-refractivity contribution in [1.29, 1.82) is 0 Å². The fraction of sp³-hybridized carbons (Fsp3) is 0.333. The number of thiophene rings is 1. The average molecular weight is 541 g/mol. The second kappa shape index (κ2) is 9.92. The Morgan fingerprint density at radius 3 is 2.13 bits per heavy atom. The third-order valence-corrected chi connectivity index (χ3v) is 7.70. The number of carbonyl (C=O) groups is 2. The van der Waals surface area contributed by atoms with E-state index in [1.807, 2.05) is 4.72 Å². The van der Waals surface area contributed by atoms with Gasteiger partial charge in [0.05, 0.1) is 14.2 Å². The number of hydrogen-bond donors (Lipinski definition) is 2. The van der Waals surface area contributed by atoms with Gasteiger partial charge in [0.1, 0.15) is 27.0 Å². The molecule has 0 fully saturated rings. The highest BCUT2D eigenvalue weighted by molar-refractivity contribution is 9.11. The number of carbonyl (C=O) groups excluding carboxylic acids is 2. The van der Waals surface area contributed by atoms with Gasteiger partial charge in [-0.15, -0.1) is 11.3 Å². The Hall–Kier alpha value is -2.25. The van der Waals surface area contributed by atoms with E-state index < -0.39 is 51.0 Å². The third-order valence-electron chi connectivity index (χ3n) is 4.07. The van der Waals surface area contributed by atoms with Gasteiger partial charge in [0.25, 0.3) is 21.8 Å². The molecule has 31 heavy (non-hydrogen) atoms. The van der Waals surface area contributed by atoms with E-state index in [9.17, 15) is 26.8 Å². The van der Waals surface area contributed by atoms with E-state index >= 15 is 0 Å². The van der Waals surface area contributed by atoms with E-state index in [0.29, 0.717) is 3.79 Å². The van der Waals surface area contributed by atoms with Crippen molar-refractivity contribution in [3.63, 3.8) is 0 Å². The number of sulfonamides is 1. The molecule has 0 saturated heterocycles. The van der Waals surface area contributed by atoms with Crippen molar-refractivity contribution in [2.75, 3.05) is 14.2 Å². The van der Waals surface area contributed by atoms with Gasteiger partial charge < -0.3 is 14.8 Å². The summed E-state index contributed by atoms with van der Waals surface area (Å²) in [5, 5.41) is 2.19. The maximum Gasteiger partial charge on any atom is 0.277 e. The lowest BCUT2D eigenvalue weighted by atomic mass is 10.0. The van der Waals surface area contributed by atoms with Gasteiger partial charge in [0, 0.05) is 0 Å². The monoisotopic (exact) mass is 540 g/mol. The summed E-state index contributed by atoms with van der Waals surface area (Å²) in [5.41, 5.74) is -0.877.